The molecule has 0 saturated carbocycles. The Morgan fingerprint density at radius 3 is 0.808 bits per heavy atom. The molecule has 0 aromatic rings. The van der Waals surface area contributed by atoms with E-state index in [4.69, 9.17) is 37.0 Å². The zero-order chi connectivity index (χ0) is 76.0. The SMILES string of the molecule is CC/C=C\C/C=C\C/C=C\C/C=C\CCCCCCCCC(=O)OCC(COP(=O)(O)OCC(O)COP(=O)(O)OCC(COC(=O)CCCCCCC/C=C\C/C=C\CCCCC)OC(=O)CCCCCCC/C=C\CCCC)OC(=O)CCCCCCCC/C=C\C/C=C\C/C=C\C/C=C\CC. The van der Waals surface area contributed by atoms with Crippen molar-refractivity contribution in [2.75, 3.05) is 39.6 Å². The van der Waals surface area contributed by atoms with Crippen molar-refractivity contribution in [3.05, 3.63) is 134 Å². The fourth-order valence-electron chi connectivity index (χ4n) is 10.4. The van der Waals surface area contributed by atoms with E-state index >= 15 is 0 Å². The zero-order valence-electron chi connectivity index (χ0n) is 65.2. The molecule has 3 N–H and O–H groups in total. The minimum Gasteiger partial charge on any atom is -0.462 e. The molecular weight excluding hydrogens is 1350 g/mol. The number of carbonyl (C=O) groups excluding carboxylic acids is 4. The topological polar surface area (TPSA) is 237 Å². The Morgan fingerprint density at radius 2 is 0.510 bits per heavy atom. The molecule has 0 heterocycles. The third kappa shape index (κ3) is 75.4. The molecule has 0 fully saturated rings. The fraction of sp³-hybridized carbons (Fsp3) is 0.694. The number of aliphatic hydroxyl groups is 1. The molecule has 0 radical (unpaired) electrons. The number of allylic oxidation sites excluding steroid dienone is 22. The van der Waals surface area contributed by atoms with Crippen LogP contribution < -0.4 is 0 Å². The van der Waals surface area contributed by atoms with E-state index < -0.39 is 97.5 Å². The van der Waals surface area contributed by atoms with Gasteiger partial charge in [-0.05, 0) is 154 Å². The van der Waals surface area contributed by atoms with Gasteiger partial charge in [0.2, 0.25) is 0 Å². The molecule has 0 saturated heterocycles. The summed E-state index contributed by atoms with van der Waals surface area (Å²) in [6, 6.07) is 0. The number of unbranched alkanes of at least 4 members (excludes halogenated alkanes) is 27. The predicted octanol–water partition coefficient (Wildman–Crippen LogP) is 23.7. The van der Waals surface area contributed by atoms with Gasteiger partial charge < -0.3 is 33.8 Å². The average molecular weight is 1500 g/mol. The molecule has 0 aromatic carbocycles. The molecule has 17 nitrogen and oxygen atoms in total. The van der Waals surface area contributed by atoms with E-state index in [0.717, 1.165) is 212 Å². The molecule has 596 valence electrons. The second-order valence-electron chi connectivity index (χ2n) is 26.6. The van der Waals surface area contributed by atoms with Gasteiger partial charge in [-0.1, -0.05) is 277 Å². The average Bonchev–Trinajstić information content (AvgIpc) is 0.928. The number of carbonyl (C=O) groups is 4. The molecule has 0 rings (SSSR count). The lowest BCUT2D eigenvalue weighted by atomic mass is 10.1. The van der Waals surface area contributed by atoms with E-state index in [1.807, 2.05) is 0 Å². The van der Waals surface area contributed by atoms with E-state index in [1.165, 1.54) is 32.1 Å². The molecule has 19 heteroatoms. The normalized spacial score (nSPS) is 14.6. The number of rotatable bonds is 75. The van der Waals surface area contributed by atoms with Gasteiger partial charge in [0, 0.05) is 25.7 Å². The predicted molar refractivity (Wildman–Crippen MR) is 427 cm³/mol. The number of ether oxygens (including phenoxy) is 4. The van der Waals surface area contributed by atoms with Crippen LogP contribution in [0.3, 0.4) is 0 Å². The number of phosphoric acid groups is 2. The maximum Gasteiger partial charge on any atom is 0.472 e. The van der Waals surface area contributed by atoms with Crippen LogP contribution in [0.15, 0.2) is 134 Å². The molecule has 0 aliphatic heterocycles. The molecule has 0 aliphatic carbocycles. The quantitative estimate of drug-likeness (QED) is 0.0169. The maximum atomic E-state index is 13.1. The van der Waals surface area contributed by atoms with Gasteiger partial charge in [-0.15, -0.1) is 0 Å². The van der Waals surface area contributed by atoms with Crippen LogP contribution in [0.1, 0.15) is 323 Å². The third-order valence-corrected chi connectivity index (χ3v) is 18.5. The molecule has 5 unspecified atom stereocenters. The van der Waals surface area contributed by atoms with E-state index in [9.17, 15) is 43.2 Å². The summed E-state index contributed by atoms with van der Waals surface area (Å²) in [5.41, 5.74) is 0. The number of hydrogen-bond acceptors (Lipinski definition) is 15. The Labute approximate surface area is 631 Å². The van der Waals surface area contributed by atoms with Crippen LogP contribution in [0.2, 0.25) is 0 Å². The largest absolute Gasteiger partial charge is 0.472 e. The zero-order valence-corrected chi connectivity index (χ0v) is 66.9. The summed E-state index contributed by atoms with van der Waals surface area (Å²) in [5.74, 6) is -2.23. The lowest BCUT2D eigenvalue weighted by molar-refractivity contribution is -0.161. The van der Waals surface area contributed by atoms with Gasteiger partial charge >= 0.3 is 39.5 Å². The summed E-state index contributed by atoms with van der Waals surface area (Å²) >= 11 is 0. The van der Waals surface area contributed by atoms with Crippen molar-refractivity contribution in [2.45, 2.75) is 341 Å². The van der Waals surface area contributed by atoms with Gasteiger partial charge in [-0.3, -0.25) is 37.3 Å². The molecule has 0 bridgehead atoms. The van der Waals surface area contributed by atoms with Crippen LogP contribution in [-0.4, -0.2) is 96.7 Å². The van der Waals surface area contributed by atoms with Gasteiger partial charge in [0.05, 0.1) is 26.4 Å². The standard InChI is InChI=1S/C85H144O17P2/c1-5-9-13-17-21-25-29-32-35-37-39-41-44-47-51-54-58-62-66-70-83(88)96-76-81(102-85(90)72-68-64-60-56-52-48-45-42-40-38-36-33-30-26-22-18-14-10-6-2)78-100-104(93,94)98-74-79(86)73-97-103(91,92)99-77-80(101-84(89)71-67-63-59-55-49-28-24-20-16-12-8-4)75-95-82(87)69-65-61-57-53-50-46-43-34-31-27-23-19-15-11-7-3/h9-10,13-14,20-27,32-36,39-43,79-81,86H,5-8,11-12,15-19,28-31,37-38,44-78H2,1-4H3,(H,91,92)(H,93,94)/b13-9-,14-10-,24-20-,25-21-,26-22-,27-23-,35-32-,36-33-,41-39-,42-40-,43-34-. The van der Waals surface area contributed by atoms with E-state index in [0.29, 0.717) is 25.7 Å². The van der Waals surface area contributed by atoms with Crippen LogP contribution in [0.4, 0.5) is 0 Å². The van der Waals surface area contributed by atoms with E-state index in [-0.39, 0.29) is 25.7 Å². The second-order valence-corrected chi connectivity index (χ2v) is 29.5. The summed E-state index contributed by atoms with van der Waals surface area (Å²) in [6.07, 6.45) is 85.7. The second kappa shape index (κ2) is 76.4. The molecule has 104 heavy (non-hydrogen) atoms. The van der Waals surface area contributed by atoms with Gasteiger partial charge in [0.15, 0.2) is 12.2 Å². The fourth-order valence-corrected chi connectivity index (χ4v) is 12.0. The van der Waals surface area contributed by atoms with Crippen molar-refractivity contribution in [2.24, 2.45) is 0 Å². The molecule has 0 aromatic heterocycles. The smallest absolute Gasteiger partial charge is 0.462 e. The lowest BCUT2D eigenvalue weighted by Gasteiger charge is -2.21. The summed E-state index contributed by atoms with van der Waals surface area (Å²) in [4.78, 5) is 73.0. The Bertz CT molecular complexity index is 2490. The monoisotopic (exact) mass is 1500 g/mol. The van der Waals surface area contributed by atoms with Crippen molar-refractivity contribution >= 4 is 39.5 Å². The van der Waals surface area contributed by atoms with Crippen LogP contribution in [0.25, 0.3) is 0 Å². The van der Waals surface area contributed by atoms with E-state index in [2.05, 4.69) is 161 Å². The lowest BCUT2D eigenvalue weighted by Crippen LogP contribution is -2.30. The first-order valence-corrected chi connectivity index (χ1v) is 43.4. The van der Waals surface area contributed by atoms with Gasteiger partial charge in [0.1, 0.15) is 19.3 Å². The molecule has 0 spiro atoms. The van der Waals surface area contributed by atoms with Crippen LogP contribution in [0.5, 0.6) is 0 Å². The highest BCUT2D eigenvalue weighted by molar-refractivity contribution is 7.47. The third-order valence-electron chi connectivity index (χ3n) is 16.6. The van der Waals surface area contributed by atoms with Gasteiger partial charge in [-0.25, -0.2) is 9.13 Å². The molecule has 0 amide bonds. The van der Waals surface area contributed by atoms with Gasteiger partial charge in [0.25, 0.3) is 0 Å². The van der Waals surface area contributed by atoms with Crippen LogP contribution in [-0.2, 0) is 65.4 Å². The van der Waals surface area contributed by atoms with Crippen molar-refractivity contribution < 1.29 is 80.2 Å². The maximum absolute atomic E-state index is 13.1. The van der Waals surface area contributed by atoms with E-state index in [1.54, 1.807) is 0 Å². The highest BCUT2D eigenvalue weighted by Crippen LogP contribution is 2.45. The Morgan fingerprint density at radius 1 is 0.279 bits per heavy atom. The number of phosphoric ester groups is 2. The minimum absolute atomic E-state index is 0.0717. The number of esters is 4. The highest BCUT2D eigenvalue weighted by Gasteiger charge is 2.30. The molecule has 0 aliphatic rings. The van der Waals surface area contributed by atoms with Crippen LogP contribution >= 0.6 is 15.6 Å². The summed E-state index contributed by atoms with van der Waals surface area (Å²) in [6.45, 7) is 4.54. The Hall–Kier alpha value is -4.80. The minimum atomic E-state index is -4.99. The van der Waals surface area contributed by atoms with Gasteiger partial charge in [-0.2, -0.15) is 0 Å². The van der Waals surface area contributed by atoms with Crippen molar-refractivity contribution in [3.63, 3.8) is 0 Å². The Kier molecular flexibility index (Phi) is 72.9. The highest BCUT2D eigenvalue weighted by atomic mass is 31.2. The Balaban J connectivity index is 5.38. The summed E-state index contributed by atoms with van der Waals surface area (Å²) in [5, 5.41) is 10.6. The molecular formula is C85H144O17P2. The molecule has 5 atom stereocenters. The number of hydrogen-bond donors (Lipinski definition) is 3. The van der Waals surface area contributed by atoms with Crippen molar-refractivity contribution in [1.29, 1.82) is 0 Å². The van der Waals surface area contributed by atoms with Crippen molar-refractivity contribution in [1.82, 2.24) is 0 Å². The first kappa shape index (κ1) is 99.2. The summed E-state index contributed by atoms with van der Waals surface area (Å²) in [7, 11) is -9.97. The van der Waals surface area contributed by atoms with Crippen molar-refractivity contribution in [3.8, 4) is 0 Å². The number of aliphatic hydroxyl groups excluding tert-OH is 1. The van der Waals surface area contributed by atoms with Crippen LogP contribution in [0, 0.1) is 0 Å². The summed E-state index contributed by atoms with van der Waals surface area (Å²) < 4.78 is 68.6. The first-order chi connectivity index (χ1) is 50.7. The first-order valence-electron chi connectivity index (χ1n) is 40.4.